The first-order chi connectivity index (χ1) is 7.74. The predicted octanol–water partition coefficient (Wildman–Crippen LogP) is 1.86. The minimum absolute atomic E-state index is 0.0221. The number of carbonyl (C=O) groups excluding carboxylic acids is 1. The van der Waals surface area contributed by atoms with E-state index in [9.17, 15) is 4.79 Å². The molecule has 1 aromatic heterocycles. The molecule has 0 atom stereocenters. The lowest BCUT2D eigenvalue weighted by Gasteiger charge is -2.05. The topological polar surface area (TPSA) is 48.4 Å². The third-order valence-corrected chi connectivity index (χ3v) is 2.22. The van der Waals surface area contributed by atoms with E-state index in [0.29, 0.717) is 24.8 Å². The SMILES string of the molecule is CCOC(=O)COCCc1cccnc1Cl. The van der Waals surface area contributed by atoms with Gasteiger partial charge in [0.1, 0.15) is 11.8 Å². The smallest absolute Gasteiger partial charge is 0.332 e. The van der Waals surface area contributed by atoms with Gasteiger partial charge in [-0.25, -0.2) is 9.78 Å². The molecule has 0 aromatic carbocycles. The molecule has 0 aliphatic carbocycles. The fraction of sp³-hybridized carbons (Fsp3) is 0.455. The van der Waals surface area contributed by atoms with Crippen molar-refractivity contribution in [2.45, 2.75) is 13.3 Å². The number of nitrogens with zero attached hydrogens (tertiary/aromatic N) is 1. The first kappa shape index (κ1) is 12.9. The number of rotatable bonds is 6. The Labute approximate surface area is 99.5 Å². The molecular formula is C11H14ClNO3. The number of hydrogen-bond donors (Lipinski definition) is 0. The minimum Gasteiger partial charge on any atom is -0.464 e. The Morgan fingerprint density at radius 1 is 1.56 bits per heavy atom. The van der Waals surface area contributed by atoms with Crippen molar-refractivity contribution in [2.75, 3.05) is 19.8 Å². The molecule has 16 heavy (non-hydrogen) atoms. The minimum atomic E-state index is -0.347. The van der Waals surface area contributed by atoms with Crippen molar-refractivity contribution in [3.63, 3.8) is 0 Å². The Bertz CT molecular complexity index is 344. The number of carbonyl (C=O) groups is 1. The summed E-state index contributed by atoms with van der Waals surface area (Å²) >= 11 is 5.86. The van der Waals surface area contributed by atoms with Crippen LogP contribution in [0.2, 0.25) is 5.15 Å². The average Bonchev–Trinajstić information content (AvgIpc) is 2.27. The van der Waals surface area contributed by atoms with Crippen LogP contribution in [0.15, 0.2) is 18.3 Å². The quantitative estimate of drug-likeness (QED) is 0.435. The van der Waals surface area contributed by atoms with E-state index in [-0.39, 0.29) is 12.6 Å². The van der Waals surface area contributed by atoms with E-state index in [2.05, 4.69) is 4.98 Å². The van der Waals surface area contributed by atoms with Gasteiger partial charge in [0.05, 0.1) is 13.2 Å². The Balaban J connectivity index is 2.21. The van der Waals surface area contributed by atoms with Crippen LogP contribution in [-0.4, -0.2) is 30.8 Å². The number of hydrogen-bond acceptors (Lipinski definition) is 4. The van der Waals surface area contributed by atoms with Gasteiger partial charge < -0.3 is 9.47 Å². The van der Waals surface area contributed by atoms with Crippen molar-refractivity contribution in [1.29, 1.82) is 0 Å². The van der Waals surface area contributed by atoms with Crippen LogP contribution in [0.4, 0.5) is 0 Å². The van der Waals surface area contributed by atoms with E-state index < -0.39 is 0 Å². The van der Waals surface area contributed by atoms with Gasteiger partial charge in [-0.2, -0.15) is 0 Å². The second-order valence-corrected chi connectivity index (χ2v) is 3.42. The normalized spacial score (nSPS) is 10.1. The molecule has 4 nitrogen and oxygen atoms in total. The fourth-order valence-corrected chi connectivity index (χ4v) is 1.36. The molecule has 0 amide bonds. The summed E-state index contributed by atoms with van der Waals surface area (Å²) in [6, 6.07) is 3.69. The summed E-state index contributed by atoms with van der Waals surface area (Å²) in [6.07, 6.45) is 2.26. The molecule has 5 heteroatoms. The van der Waals surface area contributed by atoms with Crippen molar-refractivity contribution < 1.29 is 14.3 Å². The summed E-state index contributed by atoms with van der Waals surface area (Å²) < 4.78 is 9.86. The van der Waals surface area contributed by atoms with Crippen LogP contribution in [0.3, 0.4) is 0 Å². The standard InChI is InChI=1S/C11H14ClNO3/c1-2-16-10(14)8-15-7-5-9-4-3-6-13-11(9)12/h3-4,6H,2,5,7-8H2,1H3. The van der Waals surface area contributed by atoms with E-state index in [4.69, 9.17) is 21.1 Å². The van der Waals surface area contributed by atoms with Gasteiger partial charge in [0.25, 0.3) is 0 Å². The van der Waals surface area contributed by atoms with Gasteiger partial charge in [0, 0.05) is 6.20 Å². The summed E-state index contributed by atoms with van der Waals surface area (Å²) in [5.41, 5.74) is 0.910. The van der Waals surface area contributed by atoms with Gasteiger partial charge in [0.15, 0.2) is 0 Å². The van der Waals surface area contributed by atoms with Crippen molar-refractivity contribution >= 4 is 17.6 Å². The molecule has 0 aliphatic rings. The largest absolute Gasteiger partial charge is 0.464 e. The second kappa shape index (κ2) is 7.19. The maximum absolute atomic E-state index is 10.9. The molecule has 0 spiro atoms. The molecule has 0 saturated heterocycles. The highest BCUT2D eigenvalue weighted by molar-refractivity contribution is 6.30. The van der Waals surface area contributed by atoms with Crippen molar-refractivity contribution in [2.24, 2.45) is 0 Å². The number of ether oxygens (including phenoxy) is 2. The highest BCUT2D eigenvalue weighted by Gasteiger charge is 2.03. The van der Waals surface area contributed by atoms with E-state index in [0.717, 1.165) is 5.56 Å². The van der Waals surface area contributed by atoms with Gasteiger partial charge in [-0.3, -0.25) is 0 Å². The number of pyridine rings is 1. The molecule has 0 unspecified atom stereocenters. The lowest BCUT2D eigenvalue weighted by Crippen LogP contribution is -2.13. The fourth-order valence-electron chi connectivity index (χ4n) is 1.15. The van der Waals surface area contributed by atoms with Crippen LogP contribution in [0.5, 0.6) is 0 Å². The molecule has 88 valence electrons. The molecule has 1 rings (SSSR count). The summed E-state index contributed by atoms with van der Waals surface area (Å²) in [5, 5.41) is 0.474. The summed E-state index contributed by atoms with van der Waals surface area (Å²) in [6.45, 7) is 2.53. The van der Waals surface area contributed by atoms with Gasteiger partial charge in [0.2, 0.25) is 0 Å². The third kappa shape index (κ3) is 4.59. The van der Waals surface area contributed by atoms with Gasteiger partial charge in [-0.15, -0.1) is 0 Å². The zero-order valence-electron chi connectivity index (χ0n) is 9.11. The van der Waals surface area contributed by atoms with Crippen LogP contribution < -0.4 is 0 Å². The molecule has 0 aliphatic heterocycles. The lowest BCUT2D eigenvalue weighted by atomic mass is 10.2. The predicted molar refractivity (Wildman–Crippen MR) is 60.4 cm³/mol. The lowest BCUT2D eigenvalue weighted by molar-refractivity contribution is -0.148. The van der Waals surface area contributed by atoms with E-state index >= 15 is 0 Å². The molecule has 0 fully saturated rings. The van der Waals surface area contributed by atoms with Crippen LogP contribution in [0, 0.1) is 0 Å². The summed E-state index contributed by atoms with van der Waals surface area (Å²) in [5.74, 6) is -0.347. The molecule has 1 heterocycles. The molecule has 0 bridgehead atoms. The zero-order valence-corrected chi connectivity index (χ0v) is 9.87. The highest BCUT2D eigenvalue weighted by atomic mass is 35.5. The van der Waals surface area contributed by atoms with Gasteiger partial charge in [-0.1, -0.05) is 17.7 Å². The number of halogens is 1. The molecule has 0 radical (unpaired) electrons. The first-order valence-corrected chi connectivity index (χ1v) is 5.44. The van der Waals surface area contributed by atoms with Crippen LogP contribution in [-0.2, 0) is 20.7 Å². The summed E-state index contributed by atoms with van der Waals surface area (Å²) in [7, 11) is 0. The Morgan fingerprint density at radius 2 is 2.38 bits per heavy atom. The van der Waals surface area contributed by atoms with Crippen LogP contribution in [0.25, 0.3) is 0 Å². The number of esters is 1. The average molecular weight is 244 g/mol. The Morgan fingerprint density at radius 3 is 3.06 bits per heavy atom. The molecular weight excluding hydrogens is 230 g/mol. The van der Waals surface area contributed by atoms with Crippen molar-refractivity contribution in [3.8, 4) is 0 Å². The van der Waals surface area contributed by atoms with Gasteiger partial charge >= 0.3 is 5.97 Å². The monoisotopic (exact) mass is 243 g/mol. The number of aromatic nitrogens is 1. The van der Waals surface area contributed by atoms with Crippen LogP contribution >= 0.6 is 11.6 Å². The maximum Gasteiger partial charge on any atom is 0.332 e. The Hall–Kier alpha value is -1.13. The molecule has 0 saturated carbocycles. The molecule has 1 aromatic rings. The summed E-state index contributed by atoms with van der Waals surface area (Å²) in [4.78, 5) is 14.9. The molecule has 0 N–H and O–H groups in total. The van der Waals surface area contributed by atoms with Crippen LogP contribution in [0.1, 0.15) is 12.5 Å². The first-order valence-electron chi connectivity index (χ1n) is 5.06. The third-order valence-electron chi connectivity index (χ3n) is 1.88. The second-order valence-electron chi connectivity index (χ2n) is 3.06. The van der Waals surface area contributed by atoms with E-state index in [1.165, 1.54) is 0 Å². The van der Waals surface area contributed by atoms with E-state index in [1.54, 1.807) is 13.1 Å². The zero-order chi connectivity index (χ0) is 11.8. The van der Waals surface area contributed by atoms with Gasteiger partial charge in [-0.05, 0) is 25.0 Å². The highest BCUT2D eigenvalue weighted by Crippen LogP contribution is 2.11. The van der Waals surface area contributed by atoms with E-state index in [1.807, 2.05) is 12.1 Å². The van der Waals surface area contributed by atoms with Crippen molar-refractivity contribution in [3.05, 3.63) is 29.0 Å². The maximum atomic E-state index is 10.9. The van der Waals surface area contributed by atoms with Crippen molar-refractivity contribution in [1.82, 2.24) is 4.98 Å². The Kier molecular flexibility index (Phi) is 5.82.